The first kappa shape index (κ1) is 11.8. The summed E-state index contributed by atoms with van der Waals surface area (Å²) in [5.41, 5.74) is 1.47. The molecule has 0 spiro atoms. The van der Waals surface area contributed by atoms with Crippen molar-refractivity contribution in [1.82, 2.24) is 10.3 Å². The molecule has 2 N–H and O–H groups in total. The van der Waals surface area contributed by atoms with Crippen molar-refractivity contribution < 1.29 is 9.90 Å². The number of thiophene rings is 1. The van der Waals surface area contributed by atoms with Gasteiger partial charge in [-0.15, -0.1) is 11.3 Å². The maximum Gasteiger partial charge on any atom is 0.336 e. The van der Waals surface area contributed by atoms with Crippen LogP contribution in [0, 0.1) is 0 Å². The summed E-state index contributed by atoms with van der Waals surface area (Å²) in [6.45, 7) is 1.40. The maximum atomic E-state index is 10.7. The molecule has 0 aliphatic rings. The summed E-state index contributed by atoms with van der Waals surface area (Å²) in [6, 6.07) is 5.59. The fraction of sp³-hybridized carbons (Fsp3) is 0.167. The van der Waals surface area contributed by atoms with Crippen LogP contribution in [0.15, 0.2) is 36.0 Å². The molecule has 2 aromatic rings. The minimum Gasteiger partial charge on any atom is -0.478 e. The lowest BCUT2D eigenvalue weighted by Crippen LogP contribution is -2.11. The number of carboxylic acids is 1. The van der Waals surface area contributed by atoms with E-state index in [1.807, 2.05) is 18.3 Å². The Bertz CT molecular complexity index is 496. The molecule has 4 nitrogen and oxygen atoms in total. The highest BCUT2D eigenvalue weighted by Crippen LogP contribution is 2.14. The summed E-state index contributed by atoms with van der Waals surface area (Å²) < 4.78 is 0. The Labute approximate surface area is 103 Å². The third kappa shape index (κ3) is 3.37. The molecule has 0 amide bonds. The van der Waals surface area contributed by atoms with Gasteiger partial charge in [-0.2, -0.15) is 0 Å². The van der Waals surface area contributed by atoms with Crippen LogP contribution in [0.3, 0.4) is 0 Å². The van der Waals surface area contributed by atoms with E-state index in [9.17, 15) is 4.79 Å². The van der Waals surface area contributed by atoms with Gasteiger partial charge in [0.1, 0.15) is 0 Å². The number of carboxylic acid groups (broad SMARTS) is 1. The van der Waals surface area contributed by atoms with Crippen molar-refractivity contribution in [2.75, 3.05) is 0 Å². The molecule has 2 heterocycles. The van der Waals surface area contributed by atoms with E-state index in [0.29, 0.717) is 12.1 Å². The van der Waals surface area contributed by atoms with E-state index in [4.69, 9.17) is 5.11 Å². The van der Waals surface area contributed by atoms with E-state index in [-0.39, 0.29) is 0 Å². The molecule has 88 valence electrons. The summed E-state index contributed by atoms with van der Waals surface area (Å²) in [4.78, 5) is 15.7. The van der Waals surface area contributed by atoms with Crippen LogP contribution < -0.4 is 5.32 Å². The molecule has 0 saturated carbocycles. The normalized spacial score (nSPS) is 10.4. The van der Waals surface area contributed by atoms with Crippen LogP contribution >= 0.6 is 11.3 Å². The van der Waals surface area contributed by atoms with Crippen LogP contribution in [-0.2, 0) is 13.1 Å². The molecule has 0 bridgehead atoms. The Morgan fingerprint density at radius 2 is 2.35 bits per heavy atom. The quantitative estimate of drug-likeness (QED) is 0.851. The fourth-order valence-corrected chi connectivity index (χ4v) is 2.25. The van der Waals surface area contributed by atoms with Crippen LogP contribution in [0.4, 0.5) is 0 Å². The monoisotopic (exact) mass is 248 g/mol. The van der Waals surface area contributed by atoms with Gasteiger partial charge < -0.3 is 10.4 Å². The third-order valence-corrected chi connectivity index (χ3v) is 3.19. The van der Waals surface area contributed by atoms with Crippen molar-refractivity contribution in [1.29, 1.82) is 0 Å². The van der Waals surface area contributed by atoms with Gasteiger partial charge in [0, 0.05) is 35.7 Å². The summed E-state index contributed by atoms with van der Waals surface area (Å²) in [5.74, 6) is -0.875. The maximum absolute atomic E-state index is 10.7. The minimum atomic E-state index is -0.875. The summed E-state index contributed by atoms with van der Waals surface area (Å²) in [5, 5.41) is 13.7. The predicted octanol–water partition coefficient (Wildman–Crippen LogP) is 2.13. The number of pyridine rings is 1. The lowest BCUT2D eigenvalue weighted by molar-refractivity contribution is 0.0697. The van der Waals surface area contributed by atoms with Crippen molar-refractivity contribution >= 4 is 17.3 Å². The van der Waals surface area contributed by atoms with Crippen LogP contribution in [0.2, 0.25) is 0 Å². The van der Waals surface area contributed by atoms with Crippen molar-refractivity contribution in [3.63, 3.8) is 0 Å². The Balaban J connectivity index is 1.84. The van der Waals surface area contributed by atoms with Crippen molar-refractivity contribution in [2.45, 2.75) is 13.1 Å². The van der Waals surface area contributed by atoms with Crippen molar-refractivity contribution in [2.24, 2.45) is 0 Å². The van der Waals surface area contributed by atoms with Gasteiger partial charge in [-0.25, -0.2) is 4.79 Å². The lowest BCUT2D eigenvalue weighted by Gasteiger charge is -2.02. The topological polar surface area (TPSA) is 62.2 Å². The summed E-state index contributed by atoms with van der Waals surface area (Å²) >= 11 is 1.45. The summed E-state index contributed by atoms with van der Waals surface area (Å²) in [7, 11) is 0. The molecule has 0 saturated heterocycles. The second kappa shape index (κ2) is 5.56. The Morgan fingerprint density at radius 3 is 3.00 bits per heavy atom. The molecule has 0 aliphatic carbocycles. The molecular formula is C12H12N2O2S. The van der Waals surface area contributed by atoms with E-state index < -0.39 is 5.97 Å². The molecule has 0 aromatic carbocycles. The van der Waals surface area contributed by atoms with Crippen LogP contribution in [0.25, 0.3) is 0 Å². The largest absolute Gasteiger partial charge is 0.478 e. The molecule has 5 heteroatoms. The standard InChI is InChI=1S/C12H12N2O2S/c15-12(16)10-4-11(17-8-10)7-14-6-9-2-1-3-13-5-9/h1-5,8,14H,6-7H2,(H,15,16). The first-order valence-corrected chi connectivity index (χ1v) is 6.04. The molecule has 0 atom stereocenters. The average molecular weight is 248 g/mol. The van der Waals surface area contributed by atoms with Crippen LogP contribution in [0.1, 0.15) is 20.8 Å². The zero-order valence-electron chi connectivity index (χ0n) is 9.09. The number of nitrogens with one attached hydrogen (secondary N) is 1. The number of nitrogens with zero attached hydrogens (tertiary/aromatic N) is 1. The van der Waals surface area contributed by atoms with Gasteiger partial charge in [0.05, 0.1) is 5.56 Å². The second-order valence-electron chi connectivity index (χ2n) is 3.57. The number of aromatic nitrogens is 1. The van der Waals surface area contributed by atoms with Crippen LogP contribution in [-0.4, -0.2) is 16.1 Å². The zero-order valence-corrected chi connectivity index (χ0v) is 9.91. The van der Waals surface area contributed by atoms with E-state index in [1.54, 1.807) is 17.6 Å². The van der Waals surface area contributed by atoms with Gasteiger partial charge in [-0.1, -0.05) is 6.07 Å². The van der Waals surface area contributed by atoms with Gasteiger partial charge >= 0.3 is 5.97 Å². The van der Waals surface area contributed by atoms with E-state index >= 15 is 0 Å². The predicted molar refractivity (Wildman–Crippen MR) is 66.1 cm³/mol. The number of rotatable bonds is 5. The lowest BCUT2D eigenvalue weighted by atomic mass is 10.3. The Morgan fingerprint density at radius 1 is 1.47 bits per heavy atom. The molecule has 0 fully saturated rings. The molecule has 0 radical (unpaired) electrons. The van der Waals surface area contributed by atoms with E-state index in [2.05, 4.69) is 10.3 Å². The van der Waals surface area contributed by atoms with Crippen LogP contribution in [0.5, 0.6) is 0 Å². The van der Waals surface area contributed by atoms with Gasteiger partial charge in [0.15, 0.2) is 0 Å². The second-order valence-corrected chi connectivity index (χ2v) is 4.57. The molecule has 17 heavy (non-hydrogen) atoms. The number of hydrogen-bond donors (Lipinski definition) is 2. The first-order chi connectivity index (χ1) is 8.25. The highest BCUT2D eigenvalue weighted by Gasteiger charge is 2.05. The van der Waals surface area contributed by atoms with Gasteiger partial charge in [-0.3, -0.25) is 4.98 Å². The van der Waals surface area contributed by atoms with Gasteiger partial charge in [-0.05, 0) is 17.7 Å². The summed E-state index contributed by atoms with van der Waals surface area (Å²) in [6.07, 6.45) is 3.55. The van der Waals surface area contributed by atoms with Gasteiger partial charge in [0.25, 0.3) is 0 Å². The Hall–Kier alpha value is -1.72. The SMILES string of the molecule is O=C(O)c1csc(CNCc2cccnc2)c1. The number of aromatic carboxylic acids is 1. The molecule has 0 aliphatic heterocycles. The van der Waals surface area contributed by atoms with Crippen molar-refractivity contribution in [3.8, 4) is 0 Å². The average Bonchev–Trinajstić information content (AvgIpc) is 2.79. The molecule has 2 aromatic heterocycles. The number of hydrogen-bond acceptors (Lipinski definition) is 4. The first-order valence-electron chi connectivity index (χ1n) is 5.16. The highest BCUT2D eigenvalue weighted by atomic mass is 32.1. The molecule has 2 rings (SSSR count). The van der Waals surface area contributed by atoms with Gasteiger partial charge in [0.2, 0.25) is 0 Å². The molecular weight excluding hydrogens is 236 g/mol. The van der Waals surface area contributed by atoms with E-state index in [1.165, 1.54) is 11.3 Å². The minimum absolute atomic E-state index is 0.355. The zero-order chi connectivity index (χ0) is 12.1. The smallest absolute Gasteiger partial charge is 0.336 e. The number of carbonyl (C=O) groups is 1. The Kier molecular flexibility index (Phi) is 3.85. The highest BCUT2D eigenvalue weighted by molar-refractivity contribution is 7.10. The third-order valence-electron chi connectivity index (χ3n) is 2.25. The fourth-order valence-electron chi connectivity index (χ4n) is 1.42. The molecule has 0 unspecified atom stereocenters. The van der Waals surface area contributed by atoms with Crippen molar-refractivity contribution in [3.05, 3.63) is 52.0 Å². The van der Waals surface area contributed by atoms with E-state index in [0.717, 1.165) is 17.0 Å².